The molecule has 23 nitrogen and oxygen atoms in total. The molecule has 0 aromatic heterocycles. The lowest BCUT2D eigenvalue weighted by atomic mass is 9.82. The number of esters is 1. The summed E-state index contributed by atoms with van der Waals surface area (Å²) in [6.45, 7) is 8.93. The monoisotopic (exact) mass is 1250 g/mol. The number of carbonyl (C=O) groups is 4. The Bertz CT molecular complexity index is 2520. The fraction of sp³-hybridized carbons (Fsp3) is 0.636. The first-order chi connectivity index (χ1) is 42.4. The molecule has 1 aromatic rings. The summed E-state index contributed by atoms with van der Waals surface area (Å²) in [5.74, 6) is -6.45. The number of benzene rings is 1. The molecule has 4 heterocycles. The number of ether oxygens (including phenoxy) is 5. The van der Waals surface area contributed by atoms with E-state index < -0.39 is 160 Å². The molecule has 23 heteroatoms. The number of allylic oxidation sites excluding steroid dienone is 12. The molecule has 89 heavy (non-hydrogen) atoms. The van der Waals surface area contributed by atoms with E-state index in [9.17, 15) is 70.2 Å². The highest BCUT2D eigenvalue weighted by atomic mass is 16.7. The van der Waals surface area contributed by atoms with Gasteiger partial charge in [0.15, 0.2) is 17.9 Å². The average Bonchev–Trinajstić information content (AvgIpc) is 3.16. The first kappa shape index (κ1) is 74.6. The predicted molar refractivity (Wildman–Crippen MR) is 332 cm³/mol. The normalized spacial score (nSPS) is 36.6. The molecule has 14 N–H and O–H groups in total. The Morgan fingerprint density at radius 1 is 0.742 bits per heavy atom. The van der Waals surface area contributed by atoms with Crippen LogP contribution >= 0.6 is 0 Å². The van der Waals surface area contributed by atoms with Crippen LogP contribution in [0.15, 0.2) is 109 Å². The van der Waals surface area contributed by atoms with Gasteiger partial charge in [-0.25, -0.2) is 0 Å². The number of amides is 1. The number of rotatable bonds is 15. The summed E-state index contributed by atoms with van der Waals surface area (Å²) in [4.78, 5) is 55.7. The molecule has 5 rings (SSSR count). The van der Waals surface area contributed by atoms with Gasteiger partial charge in [0, 0.05) is 82.4 Å². The van der Waals surface area contributed by atoms with E-state index in [-0.39, 0.29) is 56.3 Å². The fourth-order valence-electron chi connectivity index (χ4n) is 11.5. The number of aliphatic hydroxyl groups excluding tert-OH is 9. The van der Waals surface area contributed by atoms with Crippen LogP contribution in [0.3, 0.4) is 0 Å². The van der Waals surface area contributed by atoms with E-state index in [4.69, 9.17) is 29.4 Å². The lowest BCUT2D eigenvalue weighted by Gasteiger charge is -2.46. The van der Waals surface area contributed by atoms with Gasteiger partial charge in [-0.2, -0.15) is 0 Å². The summed E-state index contributed by atoms with van der Waals surface area (Å²) in [5.41, 5.74) is 7.48. The molecular weight excluding hydrogens is 1150 g/mol. The molecule has 4 aliphatic rings. The molecule has 3 saturated heterocycles. The lowest BCUT2D eigenvalue weighted by molar-refractivity contribution is -0.307. The van der Waals surface area contributed by atoms with Crippen LogP contribution in [-0.4, -0.2) is 223 Å². The van der Waals surface area contributed by atoms with Crippen LogP contribution in [0.25, 0.3) is 0 Å². The number of morpholine rings is 1. The summed E-state index contributed by atoms with van der Waals surface area (Å²) in [7, 11) is 1.77. The van der Waals surface area contributed by atoms with E-state index in [2.05, 4.69) is 15.5 Å². The maximum Gasteiger partial charge on any atom is 0.308 e. The third-order valence-electron chi connectivity index (χ3n) is 16.4. The van der Waals surface area contributed by atoms with Crippen LogP contribution in [-0.2, 0) is 38.1 Å². The molecular formula is C66H100N4O19. The summed E-state index contributed by atoms with van der Waals surface area (Å²) in [6.07, 6.45) is 3.92. The summed E-state index contributed by atoms with van der Waals surface area (Å²) >= 11 is 0. The zero-order valence-electron chi connectivity index (χ0n) is 51.9. The van der Waals surface area contributed by atoms with Crippen molar-refractivity contribution in [3.63, 3.8) is 0 Å². The quantitative estimate of drug-likeness (QED) is 0.0681. The van der Waals surface area contributed by atoms with Gasteiger partial charge >= 0.3 is 5.97 Å². The van der Waals surface area contributed by atoms with Crippen molar-refractivity contribution >= 4 is 29.1 Å². The van der Waals surface area contributed by atoms with E-state index in [1.54, 1.807) is 117 Å². The first-order valence-corrected chi connectivity index (χ1v) is 31.3. The number of hydrogen-bond donors (Lipinski definition) is 13. The molecule has 0 aliphatic carbocycles. The summed E-state index contributed by atoms with van der Waals surface area (Å²) in [6, 6.07) is 5.78. The molecule has 0 saturated carbocycles. The average molecular weight is 1250 g/mol. The van der Waals surface area contributed by atoms with E-state index in [1.165, 1.54) is 0 Å². The van der Waals surface area contributed by atoms with Gasteiger partial charge in [-0.3, -0.25) is 24.1 Å². The van der Waals surface area contributed by atoms with Crippen molar-refractivity contribution in [2.75, 3.05) is 51.8 Å². The smallest absolute Gasteiger partial charge is 0.308 e. The second-order valence-corrected chi connectivity index (χ2v) is 24.2. The van der Waals surface area contributed by atoms with E-state index in [0.29, 0.717) is 38.2 Å². The number of ketones is 2. The summed E-state index contributed by atoms with van der Waals surface area (Å²) in [5, 5.41) is 117. The Kier molecular flexibility index (Phi) is 32.4. The van der Waals surface area contributed by atoms with E-state index in [0.717, 1.165) is 18.8 Å². The van der Waals surface area contributed by atoms with Gasteiger partial charge in [0.25, 0.3) is 0 Å². The van der Waals surface area contributed by atoms with Crippen molar-refractivity contribution in [1.29, 1.82) is 0 Å². The fourth-order valence-corrected chi connectivity index (χ4v) is 11.5. The second-order valence-electron chi connectivity index (χ2n) is 24.2. The van der Waals surface area contributed by atoms with Crippen molar-refractivity contribution in [3.8, 4) is 0 Å². The van der Waals surface area contributed by atoms with Crippen molar-refractivity contribution in [1.82, 2.24) is 10.2 Å². The molecule has 14 unspecified atom stereocenters. The molecule has 3 fully saturated rings. The first-order valence-electron chi connectivity index (χ1n) is 31.3. The number of anilines is 1. The second kappa shape index (κ2) is 38.6. The van der Waals surface area contributed by atoms with E-state index in [1.807, 2.05) is 19.9 Å². The van der Waals surface area contributed by atoms with Crippen LogP contribution in [0.1, 0.15) is 115 Å². The number of Topliss-reactive ketones (excluding diaryl/α,β-unsaturated/α-hetero) is 2. The Labute approximate surface area is 523 Å². The standard InChI is InChI=1S/C66H100N4O19/c1-42-18-15-13-11-9-7-5-6-8-10-12-14-16-19-54(87-65-62(82)60(67)61(81)44(3)86-65)39-57-59(64(83)69-26-17-27-70-28-30-85-31-29-70)56(79)41-66(84,89-57)40-53(77)36-51(75)34-49(73)32-48(72)33-50(74)35-52(76)38-58(80)88-63(42)43(2)20-25-47(71)37-55(78)45-21-23-46(68-4)24-22-45/h5-16,18-19,21-24,42-44,47-49,51-54,56-57,59-63,65,68,71-73,75-77,79,81-82,84H,17,20,25-41,67H2,1-4H3,(H,69,83)/b6-5+,9-7+,10-8+,13-11+,14-12+,18-15+,19-16+/t42?,43?,44-,47?,48?,49?,51?,52?,53?,54?,56?,57?,59?,60+,61-,62+,63?,65+,66?/m1/s1. The van der Waals surface area contributed by atoms with Crippen LogP contribution in [0.2, 0.25) is 0 Å². The van der Waals surface area contributed by atoms with Crippen molar-refractivity contribution in [2.24, 2.45) is 23.5 Å². The number of carbonyl (C=O) groups excluding carboxylic acids is 4. The van der Waals surface area contributed by atoms with Crippen LogP contribution in [0, 0.1) is 17.8 Å². The Morgan fingerprint density at radius 3 is 1.96 bits per heavy atom. The number of hydrogen-bond acceptors (Lipinski definition) is 22. The summed E-state index contributed by atoms with van der Waals surface area (Å²) < 4.78 is 29.9. The molecule has 4 aliphatic heterocycles. The third-order valence-corrected chi connectivity index (χ3v) is 16.4. The topological polar surface area (TPSA) is 370 Å². The zero-order valence-corrected chi connectivity index (χ0v) is 51.9. The lowest BCUT2D eigenvalue weighted by Crippen LogP contribution is -2.62. The van der Waals surface area contributed by atoms with Gasteiger partial charge < -0.3 is 91.1 Å². The Morgan fingerprint density at radius 2 is 1.33 bits per heavy atom. The van der Waals surface area contributed by atoms with Gasteiger partial charge in [-0.05, 0) is 82.2 Å². The number of nitrogens with zero attached hydrogens (tertiary/aromatic N) is 1. The molecule has 19 atom stereocenters. The zero-order chi connectivity index (χ0) is 65.0. The number of fused-ring (bicyclic) bond motifs is 2. The molecule has 498 valence electrons. The van der Waals surface area contributed by atoms with E-state index >= 15 is 0 Å². The molecule has 0 spiro atoms. The van der Waals surface area contributed by atoms with Gasteiger partial charge in [0.1, 0.15) is 18.0 Å². The maximum absolute atomic E-state index is 14.1. The van der Waals surface area contributed by atoms with Crippen molar-refractivity contribution in [2.45, 2.75) is 202 Å². The minimum absolute atomic E-state index is 0.103. The largest absolute Gasteiger partial charge is 0.461 e. The highest BCUT2D eigenvalue weighted by Gasteiger charge is 2.51. The molecule has 1 amide bonds. The van der Waals surface area contributed by atoms with Gasteiger partial charge in [-0.15, -0.1) is 0 Å². The Hall–Kier alpha value is -5.16. The molecule has 1 aromatic carbocycles. The number of cyclic esters (lactones) is 1. The predicted octanol–water partition coefficient (Wildman–Crippen LogP) is 2.50. The molecule has 2 bridgehead atoms. The van der Waals surface area contributed by atoms with Crippen molar-refractivity contribution in [3.05, 3.63) is 115 Å². The van der Waals surface area contributed by atoms with Crippen LogP contribution < -0.4 is 16.4 Å². The minimum atomic E-state index is -2.29. The minimum Gasteiger partial charge on any atom is -0.461 e. The maximum atomic E-state index is 14.1. The van der Waals surface area contributed by atoms with Gasteiger partial charge in [0.2, 0.25) is 5.91 Å². The number of nitrogens with two attached hydrogens (primary N) is 1. The van der Waals surface area contributed by atoms with Gasteiger partial charge in [0.05, 0.1) is 98.7 Å². The molecule has 0 radical (unpaired) electrons. The van der Waals surface area contributed by atoms with Crippen molar-refractivity contribution < 1.29 is 93.9 Å². The SMILES string of the molecule is CNc1ccc(C(=O)CC(O)CCC(C)C2OC(=O)CC(O)CC(=O)CC(O)CC(O)CC(O)CC(O)CC3(O)CC(O)C(C(=O)NCCCN4CCOCC4)C(CC(O[C@@H]4O[C@H](C)[C@@H](O)[C@H](N)[C@@H]4O)/C=C/C=C/C=C/C=C/C=C/C=C/C=C/C2C)O3)cc1. The van der Waals surface area contributed by atoms with Crippen LogP contribution in [0.5, 0.6) is 0 Å². The Balaban J connectivity index is 1.35. The highest BCUT2D eigenvalue weighted by molar-refractivity contribution is 5.96. The number of aliphatic hydroxyl groups is 10. The number of nitrogens with one attached hydrogen (secondary N) is 2. The van der Waals surface area contributed by atoms with Gasteiger partial charge in [-0.1, -0.05) is 98.9 Å². The van der Waals surface area contributed by atoms with Crippen LogP contribution in [0.4, 0.5) is 5.69 Å². The highest BCUT2D eigenvalue weighted by Crippen LogP contribution is 2.38. The third kappa shape index (κ3) is 26.5.